The minimum Gasteiger partial charge on any atom is -0.293 e. The summed E-state index contributed by atoms with van der Waals surface area (Å²) in [5, 5.41) is 10.9. The van der Waals surface area contributed by atoms with Crippen molar-refractivity contribution in [2.45, 2.75) is 24.1 Å². The third kappa shape index (κ3) is 1.87. The van der Waals surface area contributed by atoms with Crippen molar-refractivity contribution in [1.82, 2.24) is 0 Å². The number of Topliss-reactive ketones (excluding diaryl/α,β-unsaturated/α-hetero) is 1. The van der Waals surface area contributed by atoms with Crippen molar-refractivity contribution in [2.24, 2.45) is 0 Å². The monoisotopic (exact) mass is 283 g/mol. The lowest BCUT2D eigenvalue weighted by molar-refractivity contribution is -0.385. The normalized spacial score (nSPS) is 20.1. The highest BCUT2D eigenvalue weighted by Crippen LogP contribution is 2.31. The smallest absolute Gasteiger partial charge is 0.280 e. The van der Waals surface area contributed by atoms with Crippen LogP contribution in [0, 0.1) is 10.1 Å². The number of alkyl halides is 1. The SMILES string of the molecule is O=C1c2c(cccc2[N+](=O)[O-])CCCC1Br. The summed E-state index contributed by atoms with van der Waals surface area (Å²) in [4.78, 5) is 22.1. The number of halogens is 1. The Bertz CT molecular complexity index is 459. The van der Waals surface area contributed by atoms with E-state index in [0.29, 0.717) is 0 Å². The van der Waals surface area contributed by atoms with E-state index in [4.69, 9.17) is 0 Å². The second-order valence-corrected chi connectivity index (χ2v) is 4.90. The minimum atomic E-state index is -0.484. The number of ketones is 1. The Labute approximate surface area is 101 Å². The van der Waals surface area contributed by atoms with Crippen LogP contribution in [0.4, 0.5) is 5.69 Å². The number of nitro groups is 1. The average molecular weight is 284 g/mol. The van der Waals surface area contributed by atoms with Crippen LogP contribution < -0.4 is 0 Å². The van der Waals surface area contributed by atoms with Gasteiger partial charge in [-0.05, 0) is 24.8 Å². The van der Waals surface area contributed by atoms with Crippen LogP contribution in [0.1, 0.15) is 28.8 Å². The molecule has 0 bridgehead atoms. The summed E-state index contributed by atoms with van der Waals surface area (Å²) in [5.41, 5.74) is 1.00. The summed E-state index contributed by atoms with van der Waals surface area (Å²) in [5.74, 6) is -0.167. The van der Waals surface area contributed by atoms with E-state index in [9.17, 15) is 14.9 Å². The van der Waals surface area contributed by atoms with Crippen LogP contribution in [0.5, 0.6) is 0 Å². The van der Waals surface area contributed by atoms with Crippen LogP contribution in [0.3, 0.4) is 0 Å². The van der Waals surface area contributed by atoms with Gasteiger partial charge in [0.05, 0.1) is 15.3 Å². The molecule has 1 unspecified atom stereocenters. The van der Waals surface area contributed by atoms with Gasteiger partial charge in [0.25, 0.3) is 5.69 Å². The van der Waals surface area contributed by atoms with Crippen molar-refractivity contribution in [1.29, 1.82) is 0 Å². The van der Waals surface area contributed by atoms with Gasteiger partial charge in [0.2, 0.25) is 0 Å². The highest BCUT2D eigenvalue weighted by atomic mass is 79.9. The van der Waals surface area contributed by atoms with Crippen molar-refractivity contribution in [2.75, 3.05) is 0 Å². The van der Waals surface area contributed by atoms with Crippen molar-refractivity contribution in [3.05, 3.63) is 39.4 Å². The Morgan fingerprint density at radius 3 is 2.88 bits per heavy atom. The molecule has 1 aliphatic rings. The van der Waals surface area contributed by atoms with Gasteiger partial charge in [0.15, 0.2) is 5.78 Å². The number of fused-ring (bicyclic) bond motifs is 1. The molecule has 84 valence electrons. The molecular formula is C11H10BrNO3. The Kier molecular flexibility index (Phi) is 3.05. The number of hydrogen-bond acceptors (Lipinski definition) is 3. The summed E-state index contributed by atoms with van der Waals surface area (Å²) in [6.45, 7) is 0. The summed E-state index contributed by atoms with van der Waals surface area (Å²) >= 11 is 3.28. The van der Waals surface area contributed by atoms with Crippen LogP contribution in [0.25, 0.3) is 0 Å². The number of carbonyl (C=O) groups excluding carboxylic acids is 1. The average Bonchev–Trinajstić information content (AvgIpc) is 2.40. The molecule has 5 heteroatoms. The van der Waals surface area contributed by atoms with Gasteiger partial charge in [-0.1, -0.05) is 28.1 Å². The molecule has 1 aromatic carbocycles. The molecule has 0 N–H and O–H groups in total. The van der Waals surface area contributed by atoms with E-state index in [-0.39, 0.29) is 21.9 Å². The van der Waals surface area contributed by atoms with Gasteiger partial charge in [-0.15, -0.1) is 0 Å². The maximum Gasteiger partial charge on any atom is 0.280 e. The van der Waals surface area contributed by atoms with Crippen LogP contribution in [0.15, 0.2) is 18.2 Å². The standard InChI is InChI=1S/C11H10BrNO3/c12-8-5-1-3-7-4-2-6-9(13(15)16)10(7)11(8)14/h2,4,6,8H,1,3,5H2. The van der Waals surface area contributed by atoms with Gasteiger partial charge in [-0.2, -0.15) is 0 Å². The van der Waals surface area contributed by atoms with Crippen molar-refractivity contribution in [3.8, 4) is 0 Å². The van der Waals surface area contributed by atoms with Crippen LogP contribution >= 0.6 is 15.9 Å². The first-order valence-corrected chi connectivity index (χ1v) is 5.97. The Morgan fingerprint density at radius 2 is 2.19 bits per heavy atom. The largest absolute Gasteiger partial charge is 0.293 e. The molecule has 0 heterocycles. The summed E-state index contributed by atoms with van der Waals surface area (Å²) < 4.78 is 0. The predicted molar refractivity (Wildman–Crippen MR) is 63.1 cm³/mol. The predicted octanol–water partition coefficient (Wildman–Crippen LogP) is 2.88. The van der Waals surface area contributed by atoms with Gasteiger partial charge in [0, 0.05) is 6.07 Å². The number of hydrogen-bond donors (Lipinski definition) is 0. The zero-order chi connectivity index (χ0) is 11.7. The molecule has 0 spiro atoms. The van der Waals surface area contributed by atoms with E-state index in [2.05, 4.69) is 15.9 Å². The fraction of sp³-hybridized carbons (Fsp3) is 0.364. The van der Waals surface area contributed by atoms with Crippen LogP contribution in [-0.4, -0.2) is 15.5 Å². The van der Waals surface area contributed by atoms with Gasteiger partial charge >= 0.3 is 0 Å². The van der Waals surface area contributed by atoms with E-state index in [1.54, 1.807) is 12.1 Å². The van der Waals surface area contributed by atoms with Crippen molar-refractivity contribution in [3.63, 3.8) is 0 Å². The second kappa shape index (κ2) is 4.33. The third-order valence-corrected chi connectivity index (χ3v) is 3.63. The Hall–Kier alpha value is -1.23. The number of nitro benzene ring substituents is 1. The van der Waals surface area contributed by atoms with Crippen LogP contribution in [-0.2, 0) is 6.42 Å². The molecule has 1 atom stereocenters. The van der Waals surface area contributed by atoms with E-state index in [0.717, 1.165) is 24.8 Å². The Morgan fingerprint density at radius 1 is 1.44 bits per heavy atom. The minimum absolute atomic E-state index is 0.0751. The molecule has 0 radical (unpaired) electrons. The zero-order valence-corrected chi connectivity index (χ0v) is 10.1. The summed E-state index contributed by atoms with van der Waals surface area (Å²) in [6, 6.07) is 4.83. The maximum atomic E-state index is 12.0. The third-order valence-electron chi connectivity index (χ3n) is 2.76. The molecule has 0 aliphatic heterocycles. The lowest BCUT2D eigenvalue weighted by atomic mass is 10.0. The molecular weight excluding hydrogens is 274 g/mol. The van der Waals surface area contributed by atoms with E-state index < -0.39 is 4.92 Å². The number of rotatable bonds is 1. The number of aryl methyl sites for hydroxylation is 1. The summed E-state index contributed by atoms with van der Waals surface area (Å²) in [7, 11) is 0. The van der Waals surface area contributed by atoms with Crippen LogP contribution in [0.2, 0.25) is 0 Å². The fourth-order valence-corrected chi connectivity index (χ4v) is 2.54. The lowest BCUT2D eigenvalue weighted by Crippen LogP contribution is -2.14. The first-order chi connectivity index (χ1) is 7.61. The van der Waals surface area contributed by atoms with Gasteiger partial charge < -0.3 is 0 Å². The first-order valence-electron chi connectivity index (χ1n) is 5.06. The lowest BCUT2D eigenvalue weighted by Gasteiger charge is -2.06. The molecule has 1 aliphatic carbocycles. The quantitative estimate of drug-likeness (QED) is 0.345. The topological polar surface area (TPSA) is 60.2 Å². The van der Waals surface area contributed by atoms with E-state index >= 15 is 0 Å². The molecule has 0 aromatic heterocycles. The van der Waals surface area contributed by atoms with Gasteiger partial charge in [0.1, 0.15) is 0 Å². The second-order valence-electron chi connectivity index (χ2n) is 3.79. The molecule has 0 saturated heterocycles. The molecule has 16 heavy (non-hydrogen) atoms. The number of carbonyl (C=O) groups is 1. The van der Waals surface area contributed by atoms with E-state index in [1.807, 2.05) is 0 Å². The molecule has 1 aromatic rings. The van der Waals surface area contributed by atoms with Gasteiger partial charge in [-0.25, -0.2) is 0 Å². The van der Waals surface area contributed by atoms with E-state index in [1.165, 1.54) is 6.07 Å². The number of nitrogens with zero attached hydrogens (tertiary/aromatic N) is 1. The van der Waals surface area contributed by atoms with Crippen molar-refractivity contribution >= 4 is 27.4 Å². The fourth-order valence-electron chi connectivity index (χ4n) is 1.99. The van der Waals surface area contributed by atoms with Crippen molar-refractivity contribution < 1.29 is 9.72 Å². The molecule has 0 fully saturated rings. The maximum absolute atomic E-state index is 12.0. The van der Waals surface area contributed by atoms with Gasteiger partial charge in [-0.3, -0.25) is 14.9 Å². The molecule has 4 nitrogen and oxygen atoms in total. The molecule has 0 saturated carbocycles. The first kappa shape index (κ1) is 11.3. The molecule has 2 rings (SSSR count). The number of benzene rings is 1. The zero-order valence-electron chi connectivity index (χ0n) is 8.48. The molecule has 0 amide bonds. The Balaban J connectivity index is 2.61. The summed E-state index contributed by atoms with van der Waals surface area (Å²) in [6.07, 6.45) is 2.32. The highest BCUT2D eigenvalue weighted by molar-refractivity contribution is 9.10. The highest BCUT2D eigenvalue weighted by Gasteiger charge is 2.30.